The number of nitrogen functional groups attached to an aromatic ring is 1. The van der Waals surface area contributed by atoms with Gasteiger partial charge in [0, 0.05) is 5.69 Å². The summed E-state index contributed by atoms with van der Waals surface area (Å²) < 4.78 is 52.9. The zero-order valence-corrected chi connectivity index (χ0v) is 9.90. The lowest BCUT2D eigenvalue weighted by molar-refractivity contribution is -0.105. The van der Waals surface area contributed by atoms with Gasteiger partial charge in [0.25, 0.3) is 0 Å². The number of hydrogen-bond donors (Lipinski definition) is 1. The quantitative estimate of drug-likeness (QED) is 0.852. The van der Waals surface area contributed by atoms with Crippen molar-refractivity contribution >= 4 is 16.5 Å². The Labute approximate surface area is 99.2 Å². The third kappa shape index (κ3) is 4.26. The predicted molar refractivity (Wildman–Crippen MR) is 59.4 cm³/mol. The number of anilines is 1. The number of nitrogens with two attached hydrogens (primary N) is 1. The van der Waals surface area contributed by atoms with Gasteiger partial charge in [-0.1, -0.05) is 0 Å². The second kappa shape index (κ2) is 5.39. The van der Waals surface area contributed by atoms with Crippen LogP contribution in [0.4, 0.5) is 18.9 Å². The fraction of sp³-hybridized carbons (Fsp3) is 0.400. The second-order valence-electron chi connectivity index (χ2n) is 3.24. The Hall–Kier alpha value is -1.24. The standard InChI is InChI=1S/C10H12F3NO2S/c1-2-16-7-3-4-8(14)9(5-7)17(15)6-10(11,12)13/h3-5H,2,6,14H2,1H3. The Kier molecular flexibility index (Phi) is 4.39. The zero-order valence-electron chi connectivity index (χ0n) is 9.08. The summed E-state index contributed by atoms with van der Waals surface area (Å²) >= 11 is 0. The first-order valence-electron chi connectivity index (χ1n) is 4.81. The van der Waals surface area contributed by atoms with Crippen LogP contribution in [0, 0.1) is 0 Å². The SMILES string of the molecule is CCOc1ccc(N)c(S(=O)CC(F)(F)F)c1. The van der Waals surface area contributed by atoms with Crippen LogP contribution in [0.3, 0.4) is 0 Å². The Balaban J connectivity index is 2.95. The molecule has 0 saturated heterocycles. The molecule has 0 saturated carbocycles. The first kappa shape index (κ1) is 13.8. The first-order chi connectivity index (χ1) is 7.83. The van der Waals surface area contributed by atoms with Gasteiger partial charge in [-0.05, 0) is 25.1 Å². The Bertz CT molecular complexity index is 421. The summed E-state index contributed by atoms with van der Waals surface area (Å²) in [5.74, 6) is -1.06. The van der Waals surface area contributed by atoms with Gasteiger partial charge >= 0.3 is 6.18 Å². The summed E-state index contributed by atoms with van der Waals surface area (Å²) in [6, 6.07) is 4.18. The smallest absolute Gasteiger partial charge is 0.400 e. The molecule has 0 aromatic heterocycles. The molecule has 96 valence electrons. The Morgan fingerprint density at radius 2 is 2.06 bits per heavy atom. The Morgan fingerprint density at radius 3 is 2.59 bits per heavy atom. The number of ether oxygens (including phenoxy) is 1. The van der Waals surface area contributed by atoms with E-state index in [2.05, 4.69) is 0 Å². The fourth-order valence-electron chi connectivity index (χ4n) is 1.19. The van der Waals surface area contributed by atoms with E-state index in [0.29, 0.717) is 12.4 Å². The lowest BCUT2D eigenvalue weighted by Gasteiger charge is -2.10. The molecular formula is C10H12F3NO2S. The van der Waals surface area contributed by atoms with Crippen molar-refractivity contribution in [3.05, 3.63) is 18.2 Å². The van der Waals surface area contributed by atoms with Crippen molar-refractivity contribution in [1.29, 1.82) is 0 Å². The van der Waals surface area contributed by atoms with Crippen molar-refractivity contribution in [2.45, 2.75) is 18.0 Å². The van der Waals surface area contributed by atoms with Gasteiger partial charge in [0.15, 0.2) is 0 Å². The van der Waals surface area contributed by atoms with Crippen molar-refractivity contribution in [1.82, 2.24) is 0 Å². The minimum Gasteiger partial charge on any atom is -0.494 e. The third-order valence-electron chi connectivity index (χ3n) is 1.84. The fourth-order valence-corrected chi connectivity index (χ4v) is 2.23. The molecule has 1 unspecified atom stereocenters. The number of rotatable bonds is 4. The highest BCUT2D eigenvalue weighted by molar-refractivity contribution is 7.85. The summed E-state index contributed by atoms with van der Waals surface area (Å²) in [6.45, 7) is 2.11. The molecule has 0 radical (unpaired) electrons. The van der Waals surface area contributed by atoms with Crippen molar-refractivity contribution in [2.75, 3.05) is 18.1 Å². The summed E-state index contributed by atoms with van der Waals surface area (Å²) in [5, 5.41) is 0. The van der Waals surface area contributed by atoms with Crippen molar-refractivity contribution in [2.24, 2.45) is 0 Å². The number of halogens is 3. The molecule has 7 heteroatoms. The normalized spacial score (nSPS) is 13.4. The van der Waals surface area contributed by atoms with Crippen molar-refractivity contribution in [3.8, 4) is 5.75 Å². The predicted octanol–water partition coefficient (Wildman–Crippen LogP) is 2.34. The molecule has 1 rings (SSSR count). The van der Waals surface area contributed by atoms with Crippen LogP contribution in [0.2, 0.25) is 0 Å². The van der Waals surface area contributed by atoms with E-state index in [9.17, 15) is 17.4 Å². The molecule has 2 N–H and O–H groups in total. The van der Waals surface area contributed by atoms with Gasteiger partial charge in [0.2, 0.25) is 0 Å². The van der Waals surface area contributed by atoms with Crippen LogP contribution in [-0.2, 0) is 10.8 Å². The van der Waals surface area contributed by atoms with Gasteiger partial charge in [-0.3, -0.25) is 4.21 Å². The van der Waals surface area contributed by atoms with Crippen molar-refractivity contribution < 1.29 is 22.1 Å². The summed E-state index contributed by atoms with van der Waals surface area (Å²) in [5.41, 5.74) is 5.56. The van der Waals surface area contributed by atoms with E-state index < -0.39 is 22.7 Å². The van der Waals surface area contributed by atoms with Crippen LogP contribution in [0.25, 0.3) is 0 Å². The highest BCUT2D eigenvalue weighted by Gasteiger charge is 2.31. The van der Waals surface area contributed by atoms with E-state index >= 15 is 0 Å². The summed E-state index contributed by atoms with van der Waals surface area (Å²) in [7, 11) is -2.21. The lowest BCUT2D eigenvalue weighted by Crippen LogP contribution is -2.19. The average molecular weight is 267 g/mol. The Morgan fingerprint density at radius 1 is 1.41 bits per heavy atom. The van der Waals surface area contributed by atoms with Crippen LogP contribution in [0.5, 0.6) is 5.75 Å². The molecule has 0 aliphatic carbocycles. The van der Waals surface area contributed by atoms with Crippen LogP contribution in [0.1, 0.15) is 6.92 Å². The minimum absolute atomic E-state index is 0.0479. The van der Waals surface area contributed by atoms with Crippen LogP contribution >= 0.6 is 0 Å². The summed E-state index contributed by atoms with van der Waals surface area (Å²) in [6.07, 6.45) is -4.49. The van der Waals surface area contributed by atoms with Crippen LogP contribution < -0.4 is 10.5 Å². The van der Waals surface area contributed by atoms with Gasteiger partial charge in [-0.15, -0.1) is 0 Å². The monoisotopic (exact) mass is 267 g/mol. The molecule has 1 aromatic carbocycles. The van der Waals surface area contributed by atoms with Gasteiger partial charge < -0.3 is 10.5 Å². The maximum Gasteiger partial charge on any atom is 0.400 e. The molecule has 0 aliphatic heterocycles. The van der Waals surface area contributed by atoms with Gasteiger partial charge in [-0.2, -0.15) is 13.2 Å². The van der Waals surface area contributed by atoms with E-state index in [1.54, 1.807) is 6.92 Å². The van der Waals surface area contributed by atoms with Gasteiger partial charge in [-0.25, -0.2) is 0 Å². The molecule has 0 amide bonds. The average Bonchev–Trinajstić information content (AvgIpc) is 2.18. The highest BCUT2D eigenvalue weighted by atomic mass is 32.2. The molecule has 0 bridgehead atoms. The number of benzene rings is 1. The maximum absolute atomic E-state index is 12.1. The molecule has 0 spiro atoms. The molecule has 0 fully saturated rings. The van der Waals surface area contributed by atoms with Crippen molar-refractivity contribution in [3.63, 3.8) is 0 Å². The molecule has 17 heavy (non-hydrogen) atoms. The molecular weight excluding hydrogens is 255 g/mol. The van der Waals surface area contributed by atoms with Crippen LogP contribution in [-0.4, -0.2) is 22.7 Å². The number of hydrogen-bond acceptors (Lipinski definition) is 3. The highest BCUT2D eigenvalue weighted by Crippen LogP contribution is 2.26. The topological polar surface area (TPSA) is 52.3 Å². The summed E-state index contributed by atoms with van der Waals surface area (Å²) in [4.78, 5) is -0.0479. The molecule has 0 heterocycles. The minimum atomic E-state index is -4.49. The number of alkyl halides is 3. The largest absolute Gasteiger partial charge is 0.494 e. The second-order valence-corrected chi connectivity index (χ2v) is 4.66. The third-order valence-corrected chi connectivity index (χ3v) is 3.27. The maximum atomic E-state index is 12.1. The van der Waals surface area contributed by atoms with E-state index in [0.717, 1.165) is 0 Å². The lowest BCUT2D eigenvalue weighted by atomic mass is 10.3. The van der Waals surface area contributed by atoms with E-state index in [-0.39, 0.29) is 10.6 Å². The molecule has 3 nitrogen and oxygen atoms in total. The van der Waals surface area contributed by atoms with Crippen LogP contribution in [0.15, 0.2) is 23.1 Å². The molecule has 0 aliphatic rings. The van der Waals surface area contributed by atoms with E-state index in [1.165, 1.54) is 18.2 Å². The van der Waals surface area contributed by atoms with E-state index in [4.69, 9.17) is 10.5 Å². The first-order valence-corrected chi connectivity index (χ1v) is 6.13. The van der Waals surface area contributed by atoms with Gasteiger partial charge in [0.1, 0.15) is 11.5 Å². The molecule has 1 aromatic rings. The zero-order chi connectivity index (χ0) is 13.1. The van der Waals surface area contributed by atoms with E-state index in [1.807, 2.05) is 0 Å². The molecule has 1 atom stereocenters. The van der Waals surface area contributed by atoms with Gasteiger partial charge in [0.05, 0.1) is 22.3 Å².